The zero-order valence-electron chi connectivity index (χ0n) is 13.4. The Hall–Kier alpha value is -1.41. The molecular weight excluding hydrogens is 256 g/mol. The van der Waals surface area contributed by atoms with E-state index >= 15 is 0 Å². The molecule has 21 heavy (non-hydrogen) atoms. The molecule has 1 aromatic carbocycles. The Labute approximate surface area is 128 Å². The van der Waals surface area contributed by atoms with E-state index in [9.17, 15) is 0 Å². The molecule has 1 aliphatic rings. The molecule has 0 amide bonds. The lowest BCUT2D eigenvalue weighted by Crippen LogP contribution is -2.37. The number of hydrogen-bond acceptors (Lipinski definition) is 2. The first-order valence-electron chi connectivity index (χ1n) is 8.14. The summed E-state index contributed by atoms with van der Waals surface area (Å²) < 4.78 is 0. The van der Waals surface area contributed by atoms with E-state index in [1.54, 1.807) is 0 Å². The summed E-state index contributed by atoms with van der Waals surface area (Å²) >= 11 is 0. The molecule has 1 aromatic heterocycles. The average Bonchev–Trinajstić information content (AvgIpc) is 2.49. The Bertz CT molecular complexity index is 618. The number of benzene rings is 1. The molecule has 1 aliphatic carbocycles. The molecule has 0 spiro atoms. The van der Waals surface area contributed by atoms with E-state index in [4.69, 9.17) is 0 Å². The van der Waals surface area contributed by atoms with E-state index < -0.39 is 0 Å². The van der Waals surface area contributed by atoms with E-state index in [0.29, 0.717) is 17.4 Å². The Balaban J connectivity index is 1.97. The van der Waals surface area contributed by atoms with Gasteiger partial charge in [-0.2, -0.15) is 0 Å². The summed E-state index contributed by atoms with van der Waals surface area (Å²) in [4.78, 5) is 4.65. The van der Waals surface area contributed by atoms with Gasteiger partial charge in [-0.05, 0) is 48.9 Å². The van der Waals surface area contributed by atoms with Crippen molar-refractivity contribution in [1.82, 2.24) is 10.3 Å². The summed E-state index contributed by atoms with van der Waals surface area (Å²) in [6, 6.07) is 11.1. The maximum absolute atomic E-state index is 4.65. The molecule has 2 unspecified atom stereocenters. The smallest absolute Gasteiger partial charge is 0.0702 e. The Kier molecular flexibility index (Phi) is 3.99. The molecule has 3 rings (SSSR count). The summed E-state index contributed by atoms with van der Waals surface area (Å²) in [5, 5.41) is 4.81. The van der Waals surface area contributed by atoms with Crippen LogP contribution in [-0.4, -0.2) is 12.0 Å². The van der Waals surface area contributed by atoms with Crippen molar-refractivity contribution in [3.05, 3.63) is 42.1 Å². The second-order valence-corrected chi connectivity index (χ2v) is 7.07. The number of nitrogens with one attached hydrogen (secondary N) is 1. The van der Waals surface area contributed by atoms with E-state index in [2.05, 4.69) is 67.7 Å². The standard InChI is InChI=1S/C19H26N2/c1-19(2)11-7-6-9-16(19)18(20-3)15-12-14-8-4-5-10-17(14)21-13-15/h4-5,8,10,12-13,16,18,20H,6-7,9,11H2,1-3H3. The predicted molar refractivity (Wildman–Crippen MR) is 89.3 cm³/mol. The molecule has 1 fully saturated rings. The van der Waals surface area contributed by atoms with Gasteiger partial charge >= 0.3 is 0 Å². The second-order valence-electron chi connectivity index (χ2n) is 7.07. The summed E-state index contributed by atoms with van der Waals surface area (Å²) in [5.74, 6) is 0.680. The molecule has 2 heteroatoms. The first kappa shape index (κ1) is 14.5. The van der Waals surface area contributed by atoms with Gasteiger partial charge in [0, 0.05) is 17.6 Å². The first-order chi connectivity index (χ1) is 10.1. The molecule has 1 N–H and O–H groups in total. The molecular formula is C19H26N2. The zero-order valence-corrected chi connectivity index (χ0v) is 13.4. The molecule has 0 radical (unpaired) electrons. The third-order valence-electron chi connectivity index (χ3n) is 5.27. The van der Waals surface area contributed by atoms with Gasteiger partial charge in [-0.25, -0.2) is 0 Å². The van der Waals surface area contributed by atoms with Gasteiger partial charge < -0.3 is 5.32 Å². The minimum absolute atomic E-state index is 0.400. The van der Waals surface area contributed by atoms with Crippen molar-refractivity contribution in [3.8, 4) is 0 Å². The second kappa shape index (κ2) is 5.76. The Morgan fingerprint density at radius 3 is 2.81 bits per heavy atom. The number of aromatic nitrogens is 1. The SMILES string of the molecule is CNC(c1cnc2ccccc2c1)C1CCCCC1(C)C. The number of nitrogens with zero attached hydrogens (tertiary/aromatic N) is 1. The van der Waals surface area contributed by atoms with Crippen LogP contribution in [0.2, 0.25) is 0 Å². The fourth-order valence-electron chi connectivity index (χ4n) is 4.00. The van der Waals surface area contributed by atoms with Crippen LogP contribution < -0.4 is 5.32 Å². The maximum Gasteiger partial charge on any atom is 0.0702 e. The highest BCUT2D eigenvalue weighted by Gasteiger charge is 2.37. The van der Waals surface area contributed by atoms with Crippen LogP contribution in [0.15, 0.2) is 36.5 Å². The Morgan fingerprint density at radius 1 is 1.24 bits per heavy atom. The molecule has 0 aliphatic heterocycles. The van der Waals surface area contributed by atoms with Crippen molar-refractivity contribution in [2.75, 3.05) is 7.05 Å². The molecule has 1 saturated carbocycles. The maximum atomic E-state index is 4.65. The number of pyridine rings is 1. The van der Waals surface area contributed by atoms with Gasteiger partial charge in [-0.3, -0.25) is 4.98 Å². The molecule has 2 aromatic rings. The monoisotopic (exact) mass is 282 g/mol. The zero-order chi connectivity index (χ0) is 14.9. The third-order valence-corrected chi connectivity index (χ3v) is 5.27. The molecule has 2 nitrogen and oxygen atoms in total. The predicted octanol–water partition coefficient (Wildman–Crippen LogP) is 4.71. The van der Waals surface area contributed by atoms with Crippen molar-refractivity contribution >= 4 is 10.9 Å². The topological polar surface area (TPSA) is 24.9 Å². The molecule has 1 heterocycles. The van der Waals surface area contributed by atoms with E-state index in [-0.39, 0.29) is 0 Å². The van der Waals surface area contributed by atoms with E-state index in [1.165, 1.54) is 36.6 Å². The van der Waals surface area contributed by atoms with E-state index in [0.717, 1.165) is 5.52 Å². The minimum atomic E-state index is 0.400. The molecule has 112 valence electrons. The highest BCUT2D eigenvalue weighted by molar-refractivity contribution is 5.78. The van der Waals surface area contributed by atoms with Gasteiger partial charge in [0.15, 0.2) is 0 Å². The normalized spacial score (nSPS) is 23.1. The molecule has 0 bridgehead atoms. The summed E-state index contributed by atoms with van der Waals surface area (Å²) in [6.07, 6.45) is 7.43. The van der Waals surface area contributed by atoms with Gasteiger partial charge in [0.2, 0.25) is 0 Å². The first-order valence-corrected chi connectivity index (χ1v) is 8.14. The van der Waals surface area contributed by atoms with Gasteiger partial charge in [0.25, 0.3) is 0 Å². The lowest BCUT2D eigenvalue weighted by molar-refractivity contribution is 0.101. The summed E-state index contributed by atoms with van der Waals surface area (Å²) in [5.41, 5.74) is 2.81. The van der Waals surface area contributed by atoms with Crippen molar-refractivity contribution in [1.29, 1.82) is 0 Å². The van der Waals surface area contributed by atoms with Crippen molar-refractivity contribution in [2.24, 2.45) is 11.3 Å². The summed E-state index contributed by atoms with van der Waals surface area (Å²) in [6.45, 7) is 4.85. The van der Waals surface area contributed by atoms with Crippen molar-refractivity contribution in [3.63, 3.8) is 0 Å². The van der Waals surface area contributed by atoms with Crippen LogP contribution in [0.1, 0.15) is 51.1 Å². The van der Waals surface area contributed by atoms with E-state index in [1.807, 2.05) is 0 Å². The minimum Gasteiger partial charge on any atom is -0.313 e. The Morgan fingerprint density at radius 2 is 2.05 bits per heavy atom. The number of rotatable bonds is 3. The van der Waals surface area contributed by atoms with Crippen LogP contribution in [0, 0.1) is 11.3 Å². The average molecular weight is 282 g/mol. The van der Waals surface area contributed by atoms with Gasteiger partial charge in [-0.1, -0.05) is 44.9 Å². The fraction of sp³-hybridized carbons (Fsp3) is 0.526. The lowest BCUT2D eigenvalue weighted by atomic mass is 9.65. The highest BCUT2D eigenvalue weighted by atomic mass is 14.9. The molecule has 2 atom stereocenters. The summed E-state index contributed by atoms with van der Waals surface area (Å²) in [7, 11) is 2.09. The van der Waals surface area contributed by atoms with Crippen LogP contribution >= 0.6 is 0 Å². The van der Waals surface area contributed by atoms with Gasteiger partial charge in [0.05, 0.1) is 5.52 Å². The quantitative estimate of drug-likeness (QED) is 0.881. The van der Waals surface area contributed by atoms with Crippen LogP contribution in [0.4, 0.5) is 0 Å². The van der Waals surface area contributed by atoms with Crippen LogP contribution in [0.3, 0.4) is 0 Å². The largest absolute Gasteiger partial charge is 0.313 e. The third kappa shape index (κ3) is 2.82. The lowest BCUT2D eigenvalue weighted by Gasteiger charge is -2.43. The van der Waals surface area contributed by atoms with Gasteiger partial charge in [0.1, 0.15) is 0 Å². The van der Waals surface area contributed by atoms with Crippen LogP contribution in [-0.2, 0) is 0 Å². The van der Waals surface area contributed by atoms with Crippen LogP contribution in [0.25, 0.3) is 10.9 Å². The molecule has 0 saturated heterocycles. The fourth-order valence-corrected chi connectivity index (χ4v) is 4.00. The van der Waals surface area contributed by atoms with Crippen molar-refractivity contribution < 1.29 is 0 Å². The number of para-hydroxylation sites is 1. The number of fused-ring (bicyclic) bond motifs is 1. The highest BCUT2D eigenvalue weighted by Crippen LogP contribution is 2.46. The number of hydrogen-bond donors (Lipinski definition) is 1. The van der Waals surface area contributed by atoms with Crippen LogP contribution in [0.5, 0.6) is 0 Å². The van der Waals surface area contributed by atoms with Gasteiger partial charge in [-0.15, -0.1) is 0 Å². The van der Waals surface area contributed by atoms with Crippen molar-refractivity contribution in [2.45, 2.75) is 45.6 Å².